The predicted molar refractivity (Wildman–Crippen MR) is 121 cm³/mol. The third-order valence-corrected chi connectivity index (χ3v) is 5.93. The molecule has 0 unspecified atom stereocenters. The van der Waals surface area contributed by atoms with Gasteiger partial charge >= 0.3 is 0 Å². The van der Waals surface area contributed by atoms with Crippen LogP contribution < -0.4 is 4.74 Å². The number of aryl methyl sites for hydroxylation is 1. The van der Waals surface area contributed by atoms with Crippen molar-refractivity contribution in [1.29, 1.82) is 0 Å². The molecule has 0 bridgehead atoms. The van der Waals surface area contributed by atoms with Gasteiger partial charge in [0, 0.05) is 18.0 Å². The highest BCUT2D eigenvalue weighted by Gasteiger charge is 2.22. The van der Waals surface area contributed by atoms with E-state index in [9.17, 15) is 0 Å². The third kappa shape index (κ3) is 3.88. The molecular weight excluding hydrogens is 368 g/mol. The van der Waals surface area contributed by atoms with Gasteiger partial charge in [0.2, 0.25) is 0 Å². The van der Waals surface area contributed by atoms with Crippen LogP contribution in [0.1, 0.15) is 35.6 Å². The van der Waals surface area contributed by atoms with Crippen LogP contribution in [-0.4, -0.2) is 9.55 Å². The molecule has 1 aromatic heterocycles. The molecule has 0 N–H and O–H groups in total. The summed E-state index contributed by atoms with van der Waals surface area (Å²) in [7, 11) is 0. The second-order valence-corrected chi connectivity index (χ2v) is 7.93. The van der Waals surface area contributed by atoms with Crippen molar-refractivity contribution in [1.82, 2.24) is 9.55 Å². The number of rotatable bonds is 6. The first-order valence-corrected chi connectivity index (χ1v) is 10.8. The Morgan fingerprint density at radius 2 is 1.63 bits per heavy atom. The van der Waals surface area contributed by atoms with Gasteiger partial charge in [-0.05, 0) is 54.0 Å². The molecule has 4 aromatic rings. The van der Waals surface area contributed by atoms with Crippen molar-refractivity contribution in [3.05, 3.63) is 108 Å². The first-order valence-electron chi connectivity index (χ1n) is 10.8. The second-order valence-electron chi connectivity index (χ2n) is 7.93. The van der Waals surface area contributed by atoms with Gasteiger partial charge in [-0.25, -0.2) is 4.98 Å². The van der Waals surface area contributed by atoms with E-state index in [4.69, 9.17) is 4.74 Å². The van der Waals surface area contributed by atoms with Gasteiger partial charge < -0.3 is 9.30 Å². The summed E-state index contributed by atoms with van der Waals surface area (Å²) in [5.41, 5.74) is 6.60. The van der Waals surface area contributed by atoms with E-state index in [0.717, 1.165) is 25.1 Å². The molecular formula is C27H26N2O. The predicted octanol–water partition coefficient (Wildman–Crippen LogP) is 6.25. The molecule has 5 rings (SSSR count). The Balaban J connectivity index is 1.58. The molecule has 3 aromatic carbocycles. The van der Waals surface area contributed by atoms with Crippen molar-refractivity contribution in [2.75, 3.05) is 0 Å². The number of nitrogens with zero attached hydrogens (tertiary/aromatic N) is 2. The van der Waals surface area contributed by atoms with E-state index in [1.807, 2.05) is 24.8 Å². The van der Waals surface area contributed by atoms with Gasteiger partial charge in [-0.3, -0.25) is 0 Å². The van der Waals surface area contributed by atoms with E-state index in [1.54, 1.807) is 0 Å². The second kappa shape index (κ2) is 8.58. The Labute approximate surface area is 178 Å². The topological polar surface area (TPSA) is 27.1 Å². The van der Waals surface area contributed by atoms with Crippen molar-refractivity contribution in [3.8, 4) is 16.9 Å². The molecule has 0 radical (unpaired) electrons. The molecule has 0 saturated heterocycles. The number of hydrogen-bond acceptors (Lipinski definition) is 2. The summed E-state index contributed by atoms with van der Waals surface area (Å²) in [6.45, 7) is 0.718. The van der Waals surface area contributed by atoms with Crippen LogP contribution in [0.4, 0.5) is 0 Å². The monoisotopic (exact) mass is 394 g/mol. The zero-order valence-electron chi connectivity index (χ0n) is 17.1. The molecule has 0 spiro atoms. The Morgan fingerprint density at radius 1 is 0.867 bits per heavy atom. The van der Waals surface area contributed by atoms with Crippen LogP contribution in [0.2, 0.25) is 0 Å². The van der Waals surface area contributed by atoms with Gasteiger partial charge in [0.25, 0.3) is 0 Å². The molecule has 3 heteroatoms. The number of benzene rings is 3. The van der Waals surface area contributed by atoms with Crippen molar-refractivity contribution in [2.24, 2.45) is 0 Å². The molecule has 0 saturated carbocycles. The SMILES string of the molecule is c1ccc(-c2c(O[C@H](Cn3ccnc3)c3ccccc3)ccc3c2CCCC3)cc1. The normalized spacial score (nSPS) is 14.1. The summed E-state index contributed by atoms with van der Waals surface area (Å²) >= 11 is 0. The molecule has 0 fully saturated rings. The number of aromatic nitrogens is 2. The van der Waals surface area contributed by atoms with Gasteiger partial charge in [-0.2, -0.15) is 0 Å². The maximum atomic E-state index is 6.78. The van der Waals surface area contributed by atoms with E-state index >= 15 is 0 Å². The lowest BCUT2D eigenvalue weighted by atomic mass is 9.85. The Morgan fingerprint density at radius 3 is 2.40 bits per heavy atom. The van der Waals surface area contributed by atoms with Crippen LogP contribution in [0.3, 0.4) is 0 Å². The highest BCUT2D eigenvalue weighted by Crippen LogP contribution is 2.40. The van der Waals surface area contributed by atoms with E-state index < -0.39 is 0 Å². The summed E-state index contributed by atoms with van der Waals surface area (Å²) in [6, 6.07) is 25.6. The maximum Gasteiger partial charge on any atom is 0.142 e. The number of hydrogen-bond donors (Lipinski definition) is 0. The fourth-order valence-corrected chi connectivity index (χ4v) is 4.44. The molecule has 0 amide bonds. The van der Waals surface area contributed by atoms with E-state index in [1.165, 1.54) is 40.7 Å². The van der Waals surface area contributed by atoms with Gasteiger partial charge in [0.1, 0.15) is 11.9 Å². The lowest BCUT2D eigenvalue weighted by Gasteiger charge is -2.26. The third-order valence-electron chi connectivity index (χ3n) is 5.93. The summed E-state index contributed by atoms with van der Waals surface area (Å²) in [4.78, 5) is 4.21. The summed E-state index contributed by atoms with van der Waals surface area (Å²) in [5, 5.41) is 0. The Hall–Kier alpha value is -3.33. The van der Waals surface area contributed by atoms with Gasteiger partial charge in [-0.1, -0.05) is 66.7 Å². The lowest BCUT2D eigenvalue weighted by Crippen LogP contribution is -2.16. The minimum absolute atomic E-state index is 0.0931. The largest absolute Gasteiger partial charge is 0.483 e. The molecule has 150 valence electrons. The zero-order valence-corrected chi connectivity index (χ0v) is 17.1. The van der Waals surface area contributed by atoms with Gasteiger partial charge in [0.05, 0.1) is 12.9 Å². The fourth-order valence-electron chi connectivity index (χ4n) is 4.44. The molecule has 1 heterocycles. The highest BCUT2D eigenvalue weighted by molar-refractivity contribution is 5.75. The van der Waals surface area contributed by atoms with Crippen molar-refractivity contribution >= 4 is 0 Å². The van der Waals surface area contributed by atoms with E-state index in [2.05, 4.69) is 76.3 Å². The molecule has 0 aliphatic heterocycles. The molecule has 1 aliphatic rings. The van der Waals surface area contributed by atoms with Crippen LogP contribution in [0.15, 0.2) is 91.5 Å². The molecule has 1 atom stereocenters. The number of fused-ring (bicyclic) bond motifs is 1. The van der Waals surface area contributed by atoms with Crippen LogP contribution in [0.5, 0.6) is 5.75 Å². The quantitative estimate of drug-likeness (QED) is 0.386. The van der Waals surface area contributed by atoms with Crippen LogP contribution >= 0.6 is 0 Å². The average Bonchev–Trinajstić information content (AvgIpc) is 3.33. The lowest BCUT2D eigenvalue weighted by molar-refractivity contribution is 0.184. The molecule has 3 nitrogen and oxygen atoms in total. The number of ether oxygens (including phenoxy) is 1. The Kier molecular flexibility index (Phi) is 5.34. The first-order chi connectivity index (χ1) is 14.9. The Bertz CT molecular complexity index is 1090. The summed E-state index contributed by atoms with van der Waals surface area (Å²) in [5.74, 6) is 0.968. The van der Waals surface area contributed by atoms with E-state index in [-0.39, 0.29) is 6.10 Å². The van der Waals surface area contributed by atoms with E-state index in [0.29, 0.717) is 0 Å². The first kappa shape index (κ1) is 18.7. The number of imidazole rings is 1. The van der Waals surface area contributed by atoms with Crippen molar-refractivity contribution in [2.45, 2.75) is 38.3 Å². The van der Waals surface area contributed by atoms with Crippen LogP contribution in [0, 0.1) is 0 Å². The van der Waals surface area contributed by atoms with Gasteiger partial charge in [0.15, 0.2) is 0 Å². The zero-order chi connectivity index (χ0) is 20.2. The summed E-state index contributed by atoms with van der Waals surface area (Å²) < 4.78 is 8.86. The fraction of sp³-hybridized carbons (Fsp3) is 0.222. The van der Waals surface area contributed by atoms with Crippen molar-refractivity contribution in [3.63, 3.8) is 0 Å². The minimum Gasteiger partial charge on any atom is -0.483 e. The average molecular weight is 395 g/mol. The molecule has 30 heavy (non-hydrogen) atoms. The van der Waals surface area contributed by atoms with Gasteiger partial charge in [-0.15, -0.1) is 0 Å². The minimum atomic E-state index is -0.0931. The van der Waals surface area contributed by atoms with Crippen molar-refractivity contribution < 1.29 is 4.74 Å². The van der Waals surface area contributed by atoms with Crippen LogP contribution in [-0.2, 0) is 19.4 Å². The summed E-state index contributed by atoms with van der Waals surface area (Å²) in [6.07, 6.45) is 10.4. The van der Waals surface area contributed by atoms with Crippen LogP contribution in [0.25, 0.3) is 11.1 Å². The highest BCUT2D eigenvalue weighted by atomic mass is 16.5. The standard InChI is InChI=1S/C27H26N2O/c1-3-10-22(11-4-1)26(19-29-18-17-28-20-29)30-25-16-15-21-9-7-8-14-24(21)27(25)23-12-5-2-6-13-23/h1-6,10-13,15-18,20,26H,7-9,14,19H2/t26-/m1/s1. The molecule has 1 aliphatic carbocycles. The smallest absolute Gasteiger partial charge is 0.142 e. The maximum absolute atomic E-state index is 6.78.